The number of furan rings is 1. The lowest BCUT2D eigenvalue weighted by Crippen LogP contribution is -2.26. The molecule has 3 N–H and O–H groups in total. The summed E-state index contributed by atoms with van der Waals surface area (Å²) in [5, 5.41) is 2.88. The first kappa shape index (κ1) is 15.0. The van der Waals surface area contributed by atoms with E-state index >= 15 is 0 Å². The van der Waals surface area contributed by atoms with Crippen LogP contribution in [0.2, 0.25) is 0 Å². The van der Waals surface area contributed by atoms with Crippen molar-refractivity contribution in [1.29, 1.82) is 0 Å². The third kappa shape index (κ3) is 3.56. The summed E-state index contributed by atoms with van der Waals surface area (Å²) < 4.78 is 10.9. The summed E-state index contributed by atoms with van der Waals surface area (Å²) in [5.74, 6) is 1.92. The molecule has 1 atom stereocenters. The number of carbonyl (C=O) groups is 1. The first-order valence-corrected chi connectivity index (χ1v) is 6.90. The zero-order chi connectivity index (χ0) is 15.4. The molecule has 1 aromatic heterocycles. The molecule has 0 bridgehead atoms. The number of aryl methyl sites for hydroxylation is 1. The molecule has 1 heterocycles. The zero-order valence-corrected chi connectivity index (χ0v) is 12.5. The van der Waals surface area contributed by atoms with Gasteiger partial charge in [0.05, 0.1) is 18.3 Å². The molecule has 0 saturated heterocycles. The maximum absolute atomic E-state index is 12.2. The Morgan fingerprint density at radius 3 is 2.71 bits per heavy atom. The highest BCUT2D eigenvalue weighted by molar-refractivity contribution is 5.95. The van der Waals surface area contributed by atoms with Gasteiger partial charge < -0.3 is 20.2 Å². The Balaban J connectivity index is 2.08. The Bertz CT molecular complexity index is 634. The summed E-state index contributed by atoms with van der Waals surface area (Å²) in [7, 11) is 0. The van der Waals surface area contributed by atoms with Gasteiger partial charge >= 0.3 is 0 Å². The molecule has 0 aliphatic rings. The lowest BCUT2D eigenvalue weighted by molar-refractivity contribution is 0.0935. The summed E-state index contributed by atoms with van der Waals surface area (Å²) in [4.78, 5) is 12.2. The van der Waals surface area contributed by atoms with Gasteiger partial charge in [0.1, 0.15) is 17.3 Å². The molecule has 0 radical (unpaired) electrons. The van der Waals surface area contributed by atoms with Crippen molar-refractivity contribution < 1.29 is 13.9 Å². The van der Waals surface area contributed by atoms with Gasteiger partial charge in [0, 0.05) is 5.56 Å². The summed E-state index contributed by atoms with van der Waals surface area (Å²) in [6.07, 6.45) is 0. The summed E-state index contributed by atoms with van der Waals surface area (Å²) in [6.45, 7) is 6.15. The minimum atomic E-state index is -0.209. The molecule has 1 unspecified atom stereocenters. The van der Waals surface area contributed by atoms with Crippen molar-refractivity contribution >= 4 is 11.6 Å². The van der Waals surface area contributed by atoms with Gasteiger partial charge in [0.15, 0.2) is 0 Å². The third-order valence-electron chi connectivity index (χ3n) is 3.11. The van der Waals surface area contributed by atoms with Crippen molar-refractivity contribution in [3.63, 3.8) is 0 Å². The van der Waals surface area contributed by atoms with E-state index in [9.17, 15) is 4.79 Å². The highest BCUT2D eigenvalue weighted by atomic mass is 16.5. The fourth-order valence-electron chi connectivity index (χ4n) is 2.01. The van der Waals surface area contributed by atoms with Crippen molar-refractivity contribution in [1.82, 2.24) is 5.32 Å². The van der Waals surface area contributed by atoms with Crippen LogP contribution in [0.3, 0.4) is 0 Å². The summed E-state index contributed by atoms with van der Waals surface area (Å²) in [5.41, 5.74) is 6.81. The first-order chi connectivity index (χ1) is 10.0. The molecule has 2 aromatic rings. The predicted octanol–water partition coefficient (Wildman–Crippen LogP) is 3.06. The molecular formula is C16H20N2O3. The zero-order valence-electron chi connectivity index (χ0n) is 12.5. The third-order valence-corrected chi connectivity index (χ3v) is 3.11. The van der Waals surface area contributed by atoms with Crippen molar-refractivity contribution in [3.8, 4) is 5.75 Å². The fraction of sp³-hybridized carbons (Fsp3) is 0.312. The number of carbonyl (C=O) groups excluding carboxylic acids is 1. The minimum Gasteiger partial charge on any atom is -0.492 e. The van der Waals surface area contributed by atoms with Crippen LogP contribution in [0, 0.1) is 6.92 Å². The summed E-state index contributed by atoms with van der Waals surface area (Å²) in [6, 6.07) is 8.52. The SMILES string of the molecule is CCOc1ccc(C(=O)NC(C)c2ccc(C)o2)cc1N. The molecule has 1 aromatic carbocycles. The molecule has 0 fully saturated rings. The molecule has 0 aliphatic heterocycles. The predicted molar refractivity (Wildman–Crippen MR) is 81.3 cm³/mol. The normalized spacial score (nSPS) is 12.0. The topological polar surface area (TPSA) is 77.5 Å². The second-order valence-corrected chi connectivity index (χ2v) is 4.83. The Labute approximate surface area is 124 Å². The van der Waals surface area contributed by atoms with E-state index in [2.05, 4.69) is 5.32 Å². The standard InChI is InChI=1S/C16H20N2O3/c1-4-20-15-8-6-12(9-13(15)17)16(19)18-11(3)14-7-5-10(2)21-14/h5-9,11H,4,17H2,1-3H3,(H,18,19). The van der Waals surface area contributed by atoms with Crippen molar-refractivity contribution in [3.05, 3.63) is 47.4 Å². The number of amides is 1. The Morgan fingerprint density at radius 1 is 1.38 bits per heavy atom. The number of hydrogen-bond donors (Lipinski definition) is 2. The molecule has 0 aliphatic carbocycles. The number of rotatable bonds is 5. The van der Waals surface area contributed by atoms with Crippen LogP contribution >= 0.6 is 0 Å². The molecule has 5 nitrogen and oxygen atoms in total. The van der Waals surface area contributed by atoms with Gasteiger partial charge in [-0.2, -0.15) is 0 Å². The maximum atomic E-state index is 12.2. The van der Waals surface area contributed by atoms with Crippen molar-refractivity contribution in [2.24, 2.45) is 0 Å². The molecule has 0 spiro atoms. The number of ether oxygens (including phenoxy) is 1. The number of anilines is 1. The van der Waals surface area contributed by atoms with Crippen LogP contribution in [0.4, 0.5) is 5.69 Å². The smallest absolute Gasteiger partial charge is 0.251 e. The van der Waals surface area contributed by atoms with Crippen LogP contribution < -0.4 is 15.8 Å². The van der Waals surface area contributed by atoms with E-state index in [-0.39, 0.29) is 11.9 Å². The van der Waals surface area contributed by atoms with E-state index in [0.717, 1.165) is 11.5 Å². The van der Waals surface area contributed by atoms with Crippen molar-refractivity contribution in [2.75, 3.05) is 12.3 Å². The number of benzene rings is 1. The van der Waals surface area contributed by atoms with Gasteiger partial charge in [-0.1, -0.05) is 0 Å². The van der Waals surface area contributed by atoms with E-state index in [4.69, 9.17) is 14.9 Å². The van der Waals surface area contributed by atoms with E-state index in [1.807, 2.05) is 32.9 Å². The minimum absolute atomic E-state index is 0.202. The lowest BCUT2D eigenvalue weighted by Gasteiger charge is -2.13. The number of nitrogen functional groups attached to an aromatic ring is 1. The molecule has 21 heavy (non-hydrogen) atoms. The van der Waals surface area contributed by atoms with Gasteiger partial charge in [-0.3, -0.25) is 4.79 Å². The molecular weight excluding hydrogens is 268 g/mol. The highest BCUT2D eigenvalue weighted by Crippen LogP contribution is 2.23. The second-order valence-electron chi connectivity index (χ2n) is 4.83. The van der Waals surface area contributed by atoms with Gasteiger partial charge in [-0.15, -0.1) is 0 Å². The van der Waals surface area contributed by atoms with Crippen LogP contribution in [0.5, 0.6) is 5.75 Å². The van der Waals surface area contributed by atoms with Gasteiger partial charge in [-0.25, -0.2) is 0 Å². The van der Waals surface area contributed by atoms with Crippen LogP contribution in [0.25, 0.3) is 0 Å². The van der Waals surface area contributed by atoms with Crippen LogP contribution in [-0.4, -0.2) is 12.5 Å². The van der Waals surface area contributed by atoms with Crippen molar-refractivity contribution in [2.45, 2.75) is 26.8 Å². The molecule has 1 amide bonds. The maximum Gasteiger partial charge on any atom is 0.251 e. The average Bonchev–Trinajstić information content (AvgIpc) is 2.88. The summed E-state index contributed by atoms with van der Waals surface area (Å²) >= 11 is 0. The number of hydrogen-bond acceptors (Lipinski definition) is 4. The van der Waals surface area contributed by atoms with Gasteiger partial charge in [-0.05, 0) is 51.1 Å². The Morgan fingerprint density at radius 2 is 2.14 bits per heavy atom. The van der Waals surface area contributed by atoms with E-state index in [1.165, 1.54) is 0 Å². The van der Waals surface area contributed by atoms with Crippen LogP contribution in [0.15, 0.2) is 34.7 Å². The molecule has 112 valence electrons. The average molecular weight is 288 g/mol. The molecule has 2 rings (SSSR count). The fourth-order valence-corrected chi connectivity index (χ4v) is 2.01. The second kappa shape index (κ2) is 6.35. The first-order valence-electron chi connectivity index (χ1n) is 6.90. The molecule has 5 heteroatoms. The van der Waals surface area contributed by atoms with E-state index in [1.54, 1.807) is 18.2 Å². The lowest BCUT2D eigenvalue weighted by atomic mass is 10.1. The van der Waals surface area contributed by atoms with Gasteiger partial charge in [0.25, 0.3) is 5.91 Å². The van der Waals surface area contributed by atoms with E-state index in [0.29, 0.717) is 23.6 Å². The monoisotopic (exact) mass is 288 g/mol. The van der Waals surface area contributed by atoms with Crippen LogP contribution in [0.1, 0.15) is 41.8 Å². The highest BCUT2D eigenvalue weighted by Gasteiger charge is 2.15. The number of nitrogens with one attached hydrogen (secondary N) is 1. The van der Waals surface area contributed by atoms with Gasteiger partial charge in [0.2, 0.25) is 0 Å². The quantitative estimate of drug-likeness (QED) is 0.829. The molecule has 0 saturated carbocycles. The van der Waals surface area contributed by atoms with Crippen LogP contribution in [-0.2, 0) is 0 Å². The Kier molecular flexibility index (Phi) is 4.52. The van der Waals surface area contributed by atoms with E-state index < -0.39 is 0 Å². The largest absolute Gasteiger partial charge is 0.492 e. The Hall–Kier alpha value is -2.43. The number of nitrogens with two attached hydrogens (primary N) is 1.